The number of imidazole rings is 2. The fourth-order valence-corrected chi connectivity index (χ4v) is 3.17. The van der Waals surface area contributed by atoms with Crippen LogP contribution in [0.3, 0.4) is 0 Å². The van der Waals surface area contributed by atoms with Crippen molar-refractivity contribution in [2.24, 2.45) is 0 Å². The van der Waals surface area contributed by atoms with E-state index in [1.54, 1.807) is 35.2 Å². The molecule has 0 spiro atoms. The average Bonchev–Trinajstić information content (AvgIpc) is 3.33. The van der Waals surface area contributed by atoms with Crippen molar-refractivity contribution >= 4 is 5.65 Å². The number of hydrogen-bond donors (Lipinski definition) is 0. The summed E-state index contributed by atoms with van der Waals surface area (Å²) in [6.45, 7) is 1.34. The maximum absolute atomic E-state index is 13.6. The molecule has 1 atom stereocenters. The molecule has 0 saturated carbocycles. The van der Waals surface area contributed by atoms with Crippen LogP contribution >= 0.6 is 0 Å². The molecule has 3 heterocycles. The van der Waals surface area contributed by atoms with Crippen LogP contribution in [0.4, 0.5) is 8.78 Å². The van der Waals surface area contributed by atoms with E-state index in [1.165, 1.54) is 22.8 Å². The lowest BCUT2D eigenvalue weighted by Gasteiger charge is -2.17. The molecule has 0 aliphatic carbocycles. The Morgan fingerprint density at radius 2 is 1.93 bits per heavy atom. The van der Waals surface area contributed by atoms with Crippen LogP contribution in [0.15, 0.2) is 48.9 Å². The third-order valence-corrected chi connectivity index (χ3v) is 4.67. The second-order valence-electron chi connectivity index (χ2n) is 6.32. The molecule has 28 heavy (non-hydrogen) atoms. The highest BCUT2D eigenvalue weighted by atomic mass is 19.1. The zero-order chi connectivity index (χ0) is 19.7. The molecule has 0 saturated heterocycles. The molecular formula is C20H16F2N6. The SMILES string of the molecule is CC[C@H](CF)n1cnc(-c2ccc(F)cc2)c1-c1ccc2ncc(C#N)n2n1. The summed E-state index contributed by atoms with van der Waals surface area (Å²) in [5, 5.41) is 13.8. The van der Waals surface area contributed by atoms with Gasteiger partial charge in [-0.05, 0) is 42.8 Å². The third-order valence-electron chi connectivity index (χ3n) is 4.67. The van der Waals surface area contributed by atoms with Gasteiger partial charge in [-0.2, -0.15) is 10.4 Å². The molecule has 0 N–H and O–H groups in total. The molecule has 6 nitrogen and oxygen atoms in total. The normalized spacial score (nSPS) is 12.2. The van der Waals surface area contributed by atoms with Gasteiger partial charge in [0.1, 0.15) is 24.3 Å². The molecule has 0 fully saturated rings. The van der Waals surface area contributed by atoms with E-state index in [9.17, 15) is 14.0 Å². The minimum Gasteiger partial charge on any atom is -0.323 e. The lowest BCUT2D eigenvalue weighted by atomic mass is 10.1. The molecule has 8 heteroatoms. The van der Waals surface area contributed by atoms with Gasteiger partial charge in [0.2, 0.25) is 0 Å². The Labute approximate surface area is 159 Å². The summed E-state index contributed by atoms with van der Waals surface area (Å²) in [5.41, 5.74) is 3.21. The molecule has 4 aromatic rings. The lowest BCUT2D eigenvalue weighted by Crippen LogP contribution is -2.11. The van der Waals surface area contributed by atoms with Crippen molar-refractivity contribution in [2.45, 2.75) is 19.4 Å². The van der Waals surface area contributed by atoms with Gasteiger partial charge >= 0.3 is 0 Å². The Kier molecular flexibility index (Phi) is 4.57. The number of fused-ring (bicyclic) bond motifs is 1. The predicted molar refractivity (Wildman–Crippen MR) is 99.6 cm³/mol. The molecule has 0 aliphatic heterocycles. The van der Waals surface area contributed by atoms with E-state index >= 15 is 0 Å². The second kappa shape index (κ2) is 7.19. The summed E-state index contributed by atoms with van der Waals surface area (Å²) in [6.07, 6.45) is 3.59. The van der Waals surface area contributed by atoms with E-state index in [1.807, 2.05) is 13.0 Å². The summed E-state index contributed by atoms with van der Waals surface area (Å²) >= 11 is 0. The van der Waals surface area contributed by atoms with Crippen molar-refractivity contribution < 1.29 is 8.78 Å². The number of hydrogen-bond acceptors (Lipinski definition) is 4. The van der Waals surface area contributed by atoms with Gasteiger partial charge in [-0.3, -0.25) is 0 Å². The van der Waals surface area contributed by atoms with Crippen LogP contribution in [0.2, 0.25) is 0 Å². The number of benzene rings is 1. The average molecular weight is 378 g/mol. The van der Waals surface area contributed by atoms with Crippen LogP contribution in [0.1, 0.15) is 25.1 Å². The summed E-state index contributed by atoms with van der Waals surface area (Å²) in [7, 11) is 0. The molecule has 4 rings (SSSR count). The highest BCUT2D eigenvalue weighted by molar-refractivity contribution is 5.77. The molecule has 140 valence electrons. The van der Waals surface area contributed by atoms with E-state index in [2.05, 4.69) is 15.1 Å². The standard InChI is InChI=1S/C20H16F2N6/c1-2-15(9-21)27-12-25-19(13-3-5-14(22)6-4-13)20(27)17-7-8-18-24-11-16(10-23)28(18)26-17/h3-8,11-12,15H,2,9H2,1H3/t15-/m1/s1. The summed E-state index contributed by atoms with van der Waals surface area (Å²) in [5.74, 6) is -0.350. The van der Waals surface area contributed by atoms with Crippen LogP contribution < -0.4 is 0 Å². The van der Waals surface area contributed by atoms with E-state index in [0.29, 0.717) is 40.4 Å². The first-order chi connectivity index (χ1) is 13.7. The van der Waals surface area contributed by atoms with Crippen molar-refractivity contribution in [1.29, 1.82) is 5.26 Å². The molecule has 1 aromatic carbocycles. The van der Waals surface area contributed by atoms with E-state index in [4.69, 9.17) is 0 Å². The van der Waals surface area contributed by atoms with Gasteiger partial charge in [-0.25, -0.2) is 23.3 Å². The molecule has 0 amide bonds. The van der Waals surface area contributed by atoms with Crippen molar-refractivity contribution in [1.82, 2.24) is 24.1 Å². The number of aromatic nitrogens is 5. The van der Waals surface area contributed by atoms with Gasteiger partial charge in [0.05, 0.1) is 30.0 Å². The molecule has 0 aliphatic rings. The van der Waals surface area contributed by atoms with Crippen molar-refractivity contribution in [2.75, 3.05) is 6.67 Å². The zero-order valence-corrected chi connectivity index (χ0v) is 15.0. The Morgan fingerprint density at radius 3 is 2.61 bits per heavy atom. The first kappa shape index (κ1) is 17.8. The fourth-order valence-electron chi connectivity index (χ4n) is 3.17. The highest BCUT2D eigenvalue weighted by Gasteiger charge is 2.22. The van der Waals surface area contributed by atoms with Gasteiger partial charge in [-0.1, -0.05) is 6.92 Å². The van der Waals surface area contributed by atoms with Crippen molar-refractivity contribution in [3.8, 4) is 28.7 Å². The Balaban J connectivity index is 1.96. The molecule has 0 unspecified atom stereocenters. The molecule has 0 radical (unpaired) electrons. The number of nitriles is 1. The van der Waals surface area contributed by atoms with Gasteiger partial charge in [0, 0.05) is 5.56 Å². The minimum absolute atomic E-state index is 0.295. The van der Waals surface area contributed by atoms with Crippen LogP contribution in [-0.2, 0) is 0 Å². The van der Waals surface area contributed by atoms with Gasteiger partial charge in [-0.15, -0.1) is 0 Å². The second-order valence-corrected chi connectivity index (χ2v) is 6.32. The zero-order valence-electron chi connectivity index (χ0n) is 15.0. The smallest absolute Gasteiger partial charge is 0.162 e. The summed E-state index contributed by atoms with van der Waals surface area (Å²) in [6, 6.07) is 11.1. The maximum atomic E-state index is 13.6. The van der Waals surface area contributed by atoms with Crippen molar-refractivity contribution in [3.05, 3.63) is 60.4 Å². The maximum Gasteiger partial charge on any atom is 0.162 e. The Hall–Kier alpha value is -3.60. The number of nitrogens with zero attached hydrogens (tertiary/aromatic N) is 6. The minimum atomic E-state index is -0.556. The van der Waals surface area contributed by atoms with Crippen LogP contribution in [0.25, 0.3) is 28.3 Å². The predicted octanol–water partition coefficient (Wildman–Crippen LogP) is 4.19. The van der Waals surface area contributed by atoms with Gasteiger partial charge in [0.25, 0.3) is 0 Å². The van der Waals surface area contributed by atoms with Crippen LogP contribution in [0, 0.1) is 17.1 Å². The first-order valence-corrected chi connectivity index (χ1v) is 8.80. The lowest BCUT2D eigenvalue weighted by molar-refractivity contribution is 0.350. The number of alkyl halides is 1. The third kappa shape index (κ3) is 2.91. The quantitative estimate of drug-likeness (QED) is 0.522. The monoisotopic (exact) mass is 378 g/mol. The van der Waals surface area contributed by atoms with Crippen molar-refractivity contribution in [3.63, 3.8) is 0 Å². The first-order valence-electron chi connectivity index (χ1n) is 8.80. The van der Waals surface area contributed by atoms with Crippen LogP contribution in [0.5, 0.6) is 0 Å². The number of rotatable bonds is 5. The van der Waals surface area contributed by atoms with Gasteiger partial charge in [0.15, 0.2) is 11.3 Å². The topological polar surface area (TPSA) is 71.8 Å². The largest absolute Gasteiger partial charge is 0.323 e. The molecular weight excluding hydrogens is 362 g/mol. The summed E-state index contributed by atoms with van der Waals surface area (Å²) in [4.78, 5) is 8.61. The fraction of sp³-hybridized carbons (Fsp3) is 0.200. The molecule has 0 bridgehead atoms. The number of halogens is 2. The Bertz CT molecular complexity index is 1170. The summed E-state index contributed by atoms with van der Waals surface area (Å²) < 4.78 is 30.2. The van der Waals surface area contributed by atoms with E-state index in [0.717, 1.165) is 0 Å². The Morgan fingerprint density at radius 1 is 1.14 bits per heavy atom. The van der Waals surface area contributed by atoms with E-state index in [-0.39, 0.29) is 5.82 Å². The molecule has 3 aromatic heterocycles. The highest BCUT2D eigenvalue weighted by Crippen LogP contribution is 2.33. The van der Waals surface area contributed by atoms with Gasteiger partial charge < -0.3 is 4.57 Å². The van der Waals surface area contributed by atoms with E-state index < -0.39 is 12.7 Å². The van der Waals surface area contributed by atoms with Crippen LogP contribution in [-0.4, -0.2) is 30.8 Å².